The maximum atomic E-state index is 10.6. The average molecular weight is 457 g/mol. The molecule has 3 aromatic rings. The Morgan fingerprint density at radius 2 is 1.94 bits per heavy atom. The van der Waals surface area contributed by atoms with Gasteiger partial charge in [0.1, 0.15) is 11.9 Å². The van der Waals surface area contributed by atoms with Gasteiger partial charge in [-0.2, -0.15) is 28.0 Å². The zero-order valence-electron chi connectivity index (χ0n) is 16.5. The molecule has 1 aliphatic rings. The van der Waals surface area contributed by atoms with Gasteiger partial charge in [-0.3, -0.25) is 0 Å². The number of rotatable bonds is 3. The van der Waals surface area contributed by atoms with Crippen LogP contribution in [-0.4, -0.2) is 51.3 Å². The van der Waals surface area contributed by atoms with E-state index in [1.807, 2.05) is 37.4 Å². The number of aromatic nitrogens is 3. The Morgan fingerprint density at radius 3 is 2.58 bits per heavy atom. The normalized spacial score (nSPS) is 14.7. The molecule has 0 amide bonds. The molecule has 1 saturated heterocycles. The Labute approximate surface area is 180 Å². The summed E-state index contributed by atoms with van der Waals surface area (Å²) in [4.78, 5) is 8.90. The molecule has 31 heavy (non-hydrogen) atoms. The fourth-order valence-corrected chi connectivity index (χ4v) is 3.48. The highest BCUT2D eigenvalue weighted by Gasteiger charge is 2.38. The van der Waals surface area contributed by atoms with Gasteiger partial charge in [0.2, 0.25) is 0 Å². The van der Waals surface area contributed by atoms with Crippen molar-refractivity contribution in [2.24, 2.45) is 0 Å². The van der Waals surface area contributed by atoms with Crippen molar-refractivity contribution in [2.75, 3.05) is 13.1 Å². The zero-order chi connectivity index (χ0) is 22.6. The summed E-state index contributed by atoms with van der Waals surface area (Å²) in [5.41, 5.74) is 3.94. The largest absolute Gasteiger partial charge is 0.490 e. The number of hydrogen-bond donors (Lipinski definition) is 2. The van der Waals surface area contributed by atoms with Gasteiger partial charge in [0.15, 0.2) is 0 Å². The number of nitrogens with one attached hydrogen (secondary N) is 1. The molecule has 1 aliphatic heterocycles. The average Bonchev–Trinajstić information content (AvgIpc) is 3.14. The number of halogens is 4. The molecule has 0 unspecified atom stereocenters. The van der Waals surface area contributed by atoms with Crippen molar-refractivity contribution in [3.05, 3.63) is 47.2 Å². The third-order valence-electron chi connectivity index (χ3n) is 4.65. The Balaban J connectivity index is 0.000000339. The topological polar surface area (TPSA) is 88.8 Å². The smallest absolute Gasteiger partial charge is 0.489 e. The molecule has 7 nitrogen and oxygen atoms in total. The van der Waals surface area contributed by atoms with Gasteiger partial charge in [0.05, 0.1) is 11.7 Å². The van der Waals surface area contributed by atoms with Gasteiger partial charge in [-0.1, -0.05) is 11.6 Å². The number of carbonyl (C=O) groups is 1. The minimum absolute atomic E-state index is 0.227. The highest BCUT2D eigenvalue weighted by atomic mass is 35.5. The van der Waals surface area contributed by atoms with Crippen molar-refractivity contribution in [3.63, 3.8) is 0 Å². The number of nitrogens with zero attached hydrogens (tertiary/aromatic N) is 3. The standard InChI is InChI=1S/C18H19ClN4O.C2HF3O2/c1-12-9-13(19)10-15(18(12)24-14-4-7-20-8-5-14)16-11-22-23-17(16)3-2-6-21-23;3-2(4,5)1(6)7/h2-3,6,9-11,14,20H,4-5,7-8H2,1H3;(H,6,7). The summed E-state index contributed by atoms with van der Waals surface area (Å²) in [5.74, 6) is -1.86. The lowest BCUT2D eigenvalue weighted by Gasteiger charge is -2.26. The fourth-order valence-electron chi connectivity index (χ4n) is 3.21. The molecular formula is C20H20ClF3N4O3. The molecule has 0 bridgehead atoms. The van der Waals surface area contributed by atoms with Crippen molar-refractivity contribution in [2.45, 2.75) is 32.0 Å². The number of hydrogen-bond acceptors (Lipinski definition) is 5. The number of piperidine rings is 1. The first kappa shape index (κ1) is 22.8. The van der Waals surface area contributed by atoms with Gasteiger partial charge < -0.3 is 15.2 Å². The van der Waals surface area contributed by atoms with Gasteiger partial charge in [0.25, 0.3) is 0 Å². The highest BCUT2D eigenvalue weighted by molar-refractivity contribution is 6.31. The number of carboxylic acid groups (broad SMARTS) is 1. The monoisotopic (exact) mass is 456 g/mol. The molecule has 0 aliphatic carbocycles. The first-order chi connectivity index (χ1) is 14.7. The van der Waals surface area contributed by atoms with Crippen LogP contribution in [0, 0.1) is 6.92 Å². The molecule has 4 rings (SSSR count). The van der Waals surface area contributed by atoms with Crippen LogP contribution in [0.1, 0.15) is 18.4 Å². The third-order valence-corrected chi connectivity index (χ3v) is 4.86. The molecule has 11 heteroatoms. The summed E-state index contributed by atoms with van der Waals surface area (Å²) in [6.07, 6.45) is 0.711. The van der Waals surface area contributed by atoms with Crippen LogP contribution in [0.5, 0.6) is 5.75 Å². The molecule has 3 heterocycles. The maximum Gasteiger partial charge on any atom is 0.490 e. The number of ether oxygens (including phenoxy) is 1. The molecule has 0 atom stereocenters. The Kier molecular flexibility index (Phi) is 7.01. The third kappa shape index (κ3) is 5.65. The highest BCUT2D eigenvalue weighted by Crippen LogP contribution is 2.38. The van der Waals surface area contributed by atoms with E-state index in [0.29, 0.717) is 5.02 Å². The molecule has 1 aromatic carbocycles. The van der Waals surface area contributed by atoms with Crippen molar-refractivity contribution < 1.29 is 27.8 Å². The van der Waals surface area contributed by atoms with Crippen LogP contribution in [0.15, 0.2) is 36.7 Å². The SMILES string of the molecule is Cc1cc(Cl)cc(-c2cnn3ncccc23)c1OC1CCNCC1.O=C(O)C(F)(F)F. The first-order valence-corrected chi connectivity index (χ1v) is 9.81. The van der Waals surface area contributed by atoms with E-state index in [1.165, 1.54) is 0 Å². The Morgan fingerprint density at radius 1 is 1.26 bits per heavy atom. The second-order valence-electron chi connectivity index (χ2n) is 6.93. The van der Waals surface area contributed by atoms with Crippen LogP contribution in [0.4, 0.5) is 13.2 Å². The van der Waals surface area contributed by atoms with E-state index in [-0.39, 0.29) is 6.10 Å². The predicted molar refractivity (Wildman–Crippen MR) is 108 cm³/mol. The predicted octanol–water partition coefficient (Wildman–Crippen LogP) is 4.12. The van der Waals surface area contributed by atoms with E-state index < -0.39 is 12.1 Å². The van der Waals surface area contributed by atoms with Crippen molar-refractivity contribution in [1.29, 1.82) is 0 Å². The van der Waals surface area contributed by atoms with Gasteiger partial charge in [0, 0.05) is 22.3 Å². The first-order valence-electron chi connectivity index (χ1n) is 9.44. The Hall–Kier alpha value is -2.85. The van der Waals surface area contributed by atoms with Crippen LogP contribution in [0.3, 0.4) is 0 Å². The fraction of sp³-hybridized carbons (Fsp3) is 0.350. The quantitative estimate of drug-likeness (QED) is 0.616. The van der Waals surface area contributed by atoms with Crippen molar-refractivity contribution in [1.82, 2.24) is 20.1 Å². The van der Waals surface area contributed by atoms with Crippen LogP contribution < -0.4 is 10.1 Å². The summed E-state index contributed by atoms with van der Waals surface area (Å²) in [6.45, 7) is 4.02. The van der Waals surface area contributed by atoms with E-state index in [1.54, 1.807) is 10.8 Å². The molecular weight excluding hydrogens is 437 g/mol. The van der Waals surface area contributed by atoms with E-state index >= 15 is 0 Å². The van der Waals surface area contributed by atoms with E-state index in [2.05, 4.69) is 15.5 Å². The number of benzene rings is 1. The summed E-state index contributed by atoms with van der Waals surface area (Å²) in [5, 5.41) is 19.8. The lowest BCUT2D eigenvalue weighted by molar-refractivity contribution is -0.192. The molecule has 0 radical (unpaired) electrons. The maximum absolute atomic E-state index is 10.6. The van der Waals surface area contributed by atoms with Gasteiger partial charge in [-0.25, -0.2) is 4.79 Å². The summed E-state index contributed by atoms with van der Waals surface area (Å²) in [6, 6.07) is 7.81. The number of carboxylic acids is 1. The number of aliphatic carboxylic acids is 1. The van der Waals surface area contributed by atoms with Gasteiger partial charge in [-0.15, -0.1) is 0 Å². The number of alkyl halides is 3. The molecule has 1 fully saturated rings. The molecule has 0 saturated carbocycles. The second kappa shape index (κ2) is 9.52. The molecule has 0 spiro atoms. The lowest BCUT2D eigenvalue weighted by Crippen LogP contribution is -2.34. The van der Waals surface area contributed by atoms with Crippen LogP contribution >= 0.6 is 11.6 Å². The number of aryl methyl sites for hydroxylation is 1. The van der Waals surface area contributed by atoms with Crippen molar-refractivity contribution >= 4 is 23.1 Å². The van der Waals surface area contributed by atoms with Gasteiger partial charge >= 0.3 is 12.1 Å². The lowest BCUT2D eigenvalue weighted by atomic mass is 10.0. The minimum atomic E-state index is -5.08. The van der Waals surface area contributed by atoms with E-state index in [4.69, 9.17) is 26.2 Å². The van der Waals surface area contributed by atoms with Crippen LogP contribution in [0.25, 0.3) is 16.6 Å². The van der Waals surface area contributed by atoms with E-state index in [0.717, 1.165) is 53.9 Å². The van der Waals surface area contributed by atoms with Gasteiger partial charge in [-0.05, 0) is 62.7 Å². The molecule has 2 aromatic heterocycles. The summed E-state index contributed by atoms with van der Waals surface area (Å²) in [7, 11) is 0. The minimum Gasteiger partial charge on any atom is -0.489 e. The second-order valence-corrected chi connectivity index (χ2v) is 7.36. The summed E-state index contributed by atoms with van der Waals surface area (Å²) >= 11 is 6.32. The zero-order valence-corrected chi connectivity index (χ0v) is 17.2. The van der Waals surface area contributed by atoms with Crippen LogP contribution in [-0.2, 0) is 4.79 Å². The number of fused-ring (bicyclic) bond motifs is 1. The Bertz CT molecular complexity index is 1070. The molecule has 166 valence electrons. The van der Waals surface area contributed by atoms with Crippen molar-refractivity contribution in [3.8, 4) is 16.9 Å². The summed E-state index contributed by atoms with van der Waals surface area (Å²) < 4.78 is 39.7. The molecule has 2 N–H and O–H groups in total. The van der Waals surface area contributed by atoms with Crippen LogP contribution in [0.2, 0.25) is 5.02 Å². The van der Waals surface area contributed by atoms with E-state index in [9.17, 15) is 13.2 Å².